The van der Waals surface area contributed by atoms with Gasteiger partial charge in [-0.25, -0.2) is 19.4 Å². The number of methoxy groups -OCH3 is 1. The van der Waals surface area contributed by atoms with Gasteiger partial charge in [0, 0.05) is 22.3 Å². The van der Waals surface area contributed by atoms with Gasteiger partial charge < -0.3 is 23.8 Å². The number of amides is 2. The number of fused-ring (bicyclic) bond motifs is 1. The zero-order valence-electron chi connectivity index (χ0n) is 31.4. The van der Waals surface area contributed by atoms with Gasteiger partial charge in [-0.15, -0.1) is 22.9 Å². The normalized spacial score (nSPS) is 19.0. The molecule has 54 heavy (non-hydrogen) atoms. The molecule has 18 heteroatoms. The minimum absolute atomic E-state index is 0.0151. The second-order valence-corrected chi connectivity index (χ2v) is 17.3. The maximum atomic E-state index is 14.0. The van der Waals surface area contributed by atoms with Crippen LogP contribution in [0.4, 0.5) is 9.93 Å². The number of halogens is 1. The number of rotatable bonds is 13. The number of oxime groups is 1. The Hall–Kier alpha value is -4.61. The fraction of sp³-hybridized carbons (Fsp3) is 0.472. The molecule has 0 saturated carbocycles. The molecule has 0 bridgehead atoms. The van der Waals surface area contributed by atoms with E-state index in [0.717, 1.165) is 16.2 Å². The Morgan fingerprint density at radius 3 is 2.24 bits per heavy atom. The van der Waals surface area contributed by atoms with Crippen molar-refractivity contribution in [3.63, 3.8) is 0 Å². The summed E-state index contributed by atoms with van der Waals surface area (Å²) in [6.45, 7) is 16.6. The molecule has 1 saturated heterocycles. The molecular weight excluding hydrogens is 764 g/mol. The van der Waals surface area contributed by atoms with E-state index in [1.54, 1.807) is 65.8 Å². The molecule has 2 aliphatic rings. The molecule has 0 aliphatic carbocycles. The molecule has 1 fully saturated rings. The van der Waals surface area contributed by atoms with Crippen LogP contribution >= 0.6 is 22.9 Å². The standard InChI is InChI=1S/C36H43ClN4O11S2/c1-19-23(16-37)27(30(44)49-17-20-11-13-21(48-10)14-12-20)41-28(43)22(29(41)54(19)47)15-25(42)26(40-52-36(8,9)31(45)50-34(2,3)4)24-18-53-32(38-24)39-33(46)51-35(5,6)7/h11-14,18,22,29H,1,15-17H2,2-10H3,(H,38,39,46)/b40-26-/t22-,29-,54-/m1/s1. The maximum Gasteiger partial charge on any atom is 0.413 e. The molecule has 1 aromatic heterocycles. The number of benzene rings is 1. The van der Waals surface area contributed by atoms with Gasteiger partial charge in [-0.1, -0.05) is 23.9 Å². The highest BCUT2D eigenvalue weighted by Gasteiger charge is 2.58. The summed E-state index contributed by atoms with van der Waals surface area (Å²) in [6, 6.07) is 6.79. The molecule has 2 aromatic rings. The number of nitrogens with zero attached hydrogens (tertiary/aromatic N) is 3. The molecule has 0 spiro atoms. The summed E-state index contributed by atoms with van der Waals surface area (Å²) in [5, 5.41) is 6.81. The predicted molar refractivity (Wildman–Crippen MR) is 201 cm³/mol. The van der Waals surface area contributed by atoms with Gasteiger partial charge in [-0.05, 0) is 73.1 Å². The number of β-lactam (4-membered cyclic amide) rings is 1. The van der Waals surface area contributed by atoms with E-state index in [1.165, 1.54) is 26.3 Å². The smallest absolute Gasteiger partial charge is 0.413 e. The highest BCUT2D eigenvalue weighted by atomic mass is 35.5. The first-order chi connectivity index (χ1) is 25.1. The Balaban J connectivity index is 1.61. The first-order valence-electron chi connectivity index (χ1n) is 16.6. The third-order valence-electron chi connectivity index (χ3n) is 7.61. The summed E-state index contributed by atoms with van der Waals surface area (Å²) in [6.07, 6.45) is -1.34. The van der Waals surface area contributed by atoms with Gasteiger partial charge in [0.1, 0.15) is 40.3 Å². The van der Waals surface area contributed by atoms with Gasteiger partial charge in [0.05, 0.1) is 29.7 Å². The van der Waals surface area contributed by atoms with Crippen molar-refractivity contribution in [1.82, 2.24) is 9.88 Å². The van der Waals surface area contributed by atoms with E-state index in [0.29, 0.717) is 11.3 Å². The van der Waals surface area contributed by atoms with Gasteiger partial charge in [0.15, 0.2) is 16.6 Å². The SMILES string of the molecule is C=C1C(CCl)=C(C(=O)OCc2ccc(OC)cc2)N2C(=O)[C@@H](CC(=O)/C(=N\OC(C)(C)C(=O)OC(C)(C)C)c3csc(NC(=O)OC(C)(C)C)n3)[C@H]2[S@@]1=O. The summed E-state index contributed by atoms with van der Waals surface area (Å²) >= 11 is 7.12. The Morgan fingerprint density at radius 2 is 1.67 bits per heavy atom. The second kappa shape index (κ2) is 16.4. The molecule has 2 aliphatic heterocycles. The molecule has 4 rings (SSSR count). The zero-order valence-corrected chi connectivity index (χ0v) is 33.8. The Bertz CT molecular complexity index is 1920. The van der Waals surface area contributed by atoms with E-state index in [-0.39, 0.29) is 39.5 Å². The Labute approximate surface area is 324 Å². The largest absolute Gasteiger partial charge is 0.497 e. The lowest BCUT2D eigenvalue weighted by atomic mass is 9.89. The monoisotopic (exact) mass is 806 g/mol. The maximum absolute atomic E-state index is 14.0. The topological polar surface area (TPSA) is 189 Å². The van der Waals surface area contributed by atoms with Gasteiger partial charge in [-0.3, -0.25) is 24.0 Å². The van der Waals surface area contributed by atoms with Crippen LogP contribution in [0, 0.1) is 5.92 Å². The van der Waals surface area contributed by atoms with E-state index in [2.05, 4.69) is 22.0 Å². The number of aromatic nitrogens is 1. The molecule has 0 radical (unpaired) electrons. The van der Waals surface area contributed by atoms with Crippen molar-refractivity contribution >= 4 is 74.3 Å². The Kier molecular flexibility index (Phi) is 12.8. The van der Waals surface area contributed by atoms with Crippen LogP contribution in [0.1, 0.15) is 73.1 Å². The fourth-order valence-electron chi connectivity index (χ4n) is 5.00. The van der Waals surface area contributed by atoms with Crippen LogP contribution in [0.2, 0.25) is 0 Å². The number of anilines is 1. The van der Waals surface area contributed by atoms with E-state index in [4.69, 9.17) is 35.4 Å². The van der Waals surface area contributed by atoms with Crippen LogP contribution in [0.15, 0.2) is 57.6 Å². The number of ether oxygens (including phenoxy) is 4. The van der Waals surface area contributed by atoms with Crippen LogP contribution in [0.5, 0.6) is 5.75 Å². The molecule has 3 atom stereocenters. The summed E-state index contributed by atoms with van der Waals surface area (Å²) < 4.78 is 35.1. The average molecular weight is 807 g/mol. The first kappa shape index (κ1) is 42.1. The number of carbonyl (C=O) groups is 5. The lowest BCUT2D eigenvalue weighted by Gasteiger charge is -2.49. The molecule has 15 nitrogen and oxygen atoms in total. The van der Waals surface area contributed by atoms with Crippen LogP contribution in [-0.4, -0.2) is 84.7 Å². The number of ketones is 1. The van der Waals surface area contributed by atoms with E-state index >= 15 is 0 Å². The number of alkyl halides is 1. The Morgan fingerprint density at radius 1 is 1.04 bits per heavy atom. The van der Waals surface area contributed by atoms with Crippen LogP contribution < -0.4 is 10.1 Å². The second-order valence-electron chi connectivity index (χ2n) is 14.6. The number of nitrogens with one attached hydrogen (secondary N) is 1. The van der Waals surface area contributed by atoms with Crippen molar-refractivity contribution < 1.29 is 52.0 Å². The van der Waals surface area contributed by atoms with Gasteiger partial charge in [0.2, 0.25) is 11.5 Å². The molecule has 1 aromatic carbocycles. The zero-order chi connectivity index (χ0) is 40.3. The lowest BCUT2D eigenvalue weighted by Crippen LogP contribution is -2.65. The van der Waals surface area contributed by atoms with Crippen LogP contribution in [0.25, 0.3) is 0 Å². The van der Waals surface area contributed by atoms with Gasteiger partial charge in [-0.2, -0.15) is 0 Å². The van der Waals surface area contributed by atoms with Crippen molar-refractivity contribution in [3.05, 3.63) is 63.7 Å². The molecular formula is C36H43ClN4O11S2. The third-order valence-corrected chi connectivity index (χ3v) is 10.3. The molecule has 1 N–H and O–H groups in total. The third kappa shape index (κ3) is 9.92. The lowest BCUT2D eigenvalue weighted by molar-refractivity contribution is -0.179. The number of carbonyl (C=O) groups excluding carboxylic acids is 5. The van der Waals surface area contributed by atoms with E-state index in [9.17, 15) is 28.2 Å². The molecule has 2 amide bonds. The fourth-order valence-corrected chi connectivity index (χ4v) is 7.67. The molecule has 3 heterocycles. The van der Waals surface area contributed by atoms with Crippen molar-refractivity contribution in [2.24, 2.45) is 11.1 Å². The van der Waals surface area contributed by atoms with Crippen molar-refractivity contribution in [2.75, 3.05) is 18.3 Å². The minimum Gasteiger partial charge on any atom is -0.497 e. The predicted octanol–water partition coefficient (Wildman–Crippen LogP) is 5.60. The van der Waals surface area contributed by atoms with E-state index in [1.807, 2.05) is 0 Å². The van der Waals surface area contributed by atoms with E-state index < -0.39 is 80.7 Å². The molecule has 0 unspecified atom stereocenters. The van der Waals surface area contributed by atoms with Crippen LogP contribution in [0.3, 0.4) is 0 Å². The number of hydrogen-bond acceptors (Lipinski definition) is 14. The van der Waals surface area contributed by atoms with Crippen molar-refractivity contribution in [3.8, 4) is 5.75 Å². The number of esters is 2. The highest BCUT2D eigenvalue weighted by Crippen LogP contribution is 2.44. The quantitative estimate of drug-likeness (QED) is 0.0661. The summed E-state index contributed by atoms with van der Waals surface area (Å²) in [5.74, 6) is -4.01. The number of thiazole rings is 1. The highest BCUT2D eigenvalue weighted by molar-refractivity contribution is 7.90. The number of Topliss-reactive ketones (excluding diaryl/α,β-unsaturated/α-hetero) is 1. The van der Waals surface area contributed by atoms with Crippen LogP contribution in [-0.2, 0) is 55.6 Å². The van der Waals surface area contributed by atoms with Crippen molar-refractivity contribution in [1.29, 1.82) is 0 Å². The number of allylic oxidation sites excluding steroid dienone is 1. The minimum atomic E-state index is -1.97. The summed E-state index contributed by atoms with van der Waals surface area (Å²) in [7, 11) is -0.446. The van der Waals surface area contributed by atoms with Gasteiger partial charge in [0.25, 0.3) is 0 Å². The summed E-state index contributed by atoms with van der Waals surface area (Å²) in [5.41, 5.74) is -3.28. The first-order valence-corrected chi connectivity index (χ1v) is 19.2. The molecule has 292 valence electrons. The van der Waals surface area contributed by atoms with Gasteiger partial charge >= 0.3 is 18.0 Å². The van der Waals surface area contributed by atoms with Crippen molar-refractivity contribution in [2.45, 2.75) is 90.6 Å². The average Bonchev–Trinajstić information content (AvgIpc) is 3.53. The number of hydrogen-bond donors (Lipinski definition) is 1. The summed E-state index contributed by atoms with van der Waals surface area (Å²) in [4.78, 5) is 77.5.